The molecule has 0 bridgehead atoms. The lowest BCUT2D eigenvalue weighted by molar-refractivity contribution is 0.186. The lowest BCUT2D eigenvalue weighted by atomic mass is 10.1. The highest BCUT2D eigenvalue weighted by molar-refractivity contribution is 5.92. The predicted molar refractivity (Wildman–Crippen MR) is 95.8 cm³/mol. The van der Waals surface area contributed by atoms with E-state index in [4.69, 9.17) is 15.2 Å². The van der Waals surface area contributed by atoms with Crippen LogP contribution in [0.25, 0.3) is 0 Å². The molecular formula is C18H23N3O3. The van der Waals surface area contributed by atoms with Gasteiger partial charge in [0, 0.05) is 11.8 Å². The average molecular weight is 329 g/mol. The highest BCUT2D eigenvalue weighted by Gasteiger charge is 2.11. The summed E-state index contributed by atoms with van der Waals surface area (Å²) >= 11 is 0. The molecule has 128 valence electrons. The number of aryl methyl sites for hydroxylation is 1. The number of nitrogens with two attached hydrogens (primary N) is 1. The molecule has 1 unspecified atom stereocenters. The molecule has 0 radical (unpaired) electrons. The number of guanidine groups is 1. The summed E-state index contributed by atoms with van der Waals surface area (Å²) in [5.41, 5.74) is 8.52. The smallest absolute Gasteiger partial charge is 0.193 e. The molecule has 0 fully saturated rings. The molecule has 6 nitrogen and oxygen atoms in total. The van der Waals surface area contributed by atoms with Crippen LogP contribution in [0, 0.1) is 6.92 Å². The van der Waals surface area contributed by atoms with Crippen molar-refractivity contribution < 1.29 is 14.6 Å². The van der Waals surface area contributed by atoms with Crippen molar-refractivity contribution in [3.8, 4) is 11.5 Å². The van der Waals surface area contributed by atoms with E-state index in [1.165, 1.54) is 5.56 Å². The first-order chi connectivity index (χ1) is 11.5. The van der Waals surface area contributed by atoms with Crippen LogP contribution in [0.1, 0.15) is 17.2 Å². The Kier molecular flexibility index (Phi) is 6.03. The maximum Gasteiger partial charge on any atom is 0.193 e. The summed E-state index contributed by atoms with van der Waals surface area (Å²) < 4.78 is 10.4. The van der Waals surface area contributed by atoms with Crippen LogP contribution >= 0.6 is 0 Å². The molecule has 0 aromatic heterocycles. The van der Waals surface area contributed by atoms with E-state index in [1.807, 2.05) is 31.2 Å². The summed E-state index contributed by atoms with van der Waals surface area (Å²) in [6, 6.07) is 13.0. The number of hydrogen-bond donors (Lipinski definition) is 3. The molecule has 0 aliphatic carbocycles. The molecule has 0 saturated heterocycles. The van der Waals surface area contributed by atoms with Crippen LogP contribution in [0.4, 0.5) is 5.69 Å². The van der Waals surface area contributed by atoms with Crippen molar-refractivity contribution in [2.75, 3.05) is 26.1 Å². The van der Waals surface area contributed by atoms with Gasteiger partial charge in [0.05, 0.1) is 26.9 Å². The predicted octanol–water partition coefficient (Wildman–Crippen LogP) is 2.47. The first-order valence-corrected chi connectivity index (χ1v) is 7.56. The Bertz CT molecular complexity index is 677. The average Bonchev–Trinajstić information content (AvgIpc) is 2.61. The van der Waals surface area contributed by atoms with Gasteiger partial charge in [-0.1, -0.05) is 17.7 Å². The number of aliphatic hydroxyl groups is 1. The van der Waals surface area contributed by atoms with Crippen molar-refractivity contribution in [2.45, 2.75) is 13.0 Å². The Hall–Kier alpha value is -2.73. The van der Waals surface area contributed by atoms with Gasteiger partial charge < -0.3 is 25.6 Å². The van der Waals surface area contributed by atoms with Gasteiger partial charge in [0.25, 0.3) is 0 Å². The Morgan fingerprint density at radius 2 is 1.71 bits per heavy atom. The Morgan fingerprint density at radius 1 is 1.12 bits per heavy atom. The van der Waals surface area contributed by atoms with Crippen LogP contribution in [0.2, 0.25) is 0 Å². The second-order valence-electron chi connectivity index (χ2n) is 5.38. The zero-order chi connectivity index (χ0) is 17.5. The highest BCUT2D eigenvalue weighted by Crippen LogP contribution is 2.26. The van der Waals surface area contributed by atoms with Crippen molar-refractivity contribution in [3.05, 3.63) is 53.6 Å². The van der Waals surface area contributed by atoms with E-state index in [1.54, 1.807) is 32.4 Å². The number of nitrogens with one attached hydrogen (secondary N) is 1. The summed E-state index contributed by atoms with van der Waals surface area (Å²) in [7, 11) is 3.12. The minimum absolute atomic E-state index is 0.126. The van der Waals surface area contributed by atoms with Crippen LogP contribution in [0.5, 0.6) is 11.5 Å². The number of rotatable bonds is 6. The fraction of sp³-hybridized carbons (Fsp3) is 0.278. The second kappa shape index (κ2) is 8.21. The second-order valence-corrected chi connectivity index (χ2v) is 5.38. The Labute approximate surface area is 141 Å². The van der Waals surface area contributed by atoms with E-state index in [9.17, 15) is 5.11 Å². The summed E-state index contributed by atoms with van der Waals surface area (Å²) in [5, 5.41) is 13.3. The molecule has 6 heteroatoms. The maximum absolute atomic E-state index is 10.3. The van der Waals surface area contributed by atoms with Crippen molar-refractivity contribution in [2.24, 2.45) is 10.7 Å². The van der Waals surface area contributed by atoms with Gasteiger partial charge in [0.2, 0.25) is 0 Å². The molecule has 2 aromatic carbocycles. The molecule has 0 heterocycles. The lowest BCUT2D eigenvalue weighted by Gasteiger charge is -2.13. The van der Waals surface area contributed by atoms with Crippen molar-refractivity contribution in [1.82, 2.24) is 0 Å². The number of anilines is 1. The zero-order valence-corrected chi connectivity index (χ0v) is 14.1. The van der Waals surface area contributed by atoms with E-state index in [2.05, 4.69) is 10.3 Å². The van der Waals surface area contributed by atoms with Gasteiger partial charge in [-0.3, -0.25) is 4.99 Å². The van der Waals surface area contributed by atoms with Gasteiger partial charge in [-0.05, 0) is 36.8 Å². The molecule has 0 saturated carbocycles. The van der Waals surface area contributed by atoms with E-state index < -0.39 is 6.10 Å². The third-order valence-corrected chi connectivity index (χ3v) is 3.52. The molecular weight excluding hydrogens is 306 g/mol. The Morgan fingerprint density at radius 3 is 2.25 bits per heavy atom. The minimum Gasteiger partial charge on any atom is -0.497 e. The molecule has 2 rings (SSSR count). The SMILES string of the molecule is COc1cc(OC)cc(C(O)CN=C(N)Nc2ccc(C)cc2)c1. The molecule has 4 N–H and O–H groups in total. The normalized spacial score (nSPS) is 12.6. The number of aliphatic imine (C=N–C) groups is 1. The first-order valence-electron chi connectivity index (χ1n) is 7.56. The van der Waals surface area contributed by atoms with E-state index in [0.717, 1.165) is 5.69 Å². The lowest BCUT2D eigenvalue weighted by Crippen LogP contribution is -2.23. The van der Waals surface area contributed by atoms with Crippen LogP contribution in [0.15, 0.2) is 47.5 Å². The van der Waals surface area contributed by atoms with Crippen LogP contribution in [-0.4, -0.2) is 31.8 Å². The summed E-state index contributed by atoms with van der Waals surface area (Å²) in [6.45, 7) is 2.14. The highest BCUT2D eigenvalue weighted by atomic mass is 16.5. The molecule has 24 heavy (non-hydrogen) atoms. The van der Waals surface area contributed by atoms with Crippen molar-refractivity contribution >= 4 is 11.6 Å². The third kappa shape index (κ3) is 4.89. The molecule has 0 amide bonds. The largest absolute Gasteiger partial charge is 0.497 e. The summed E-state index contributed by atoms with van der Waals surface area (Å²) in [4.78, 5) is 4.18. The summed E-state index contributed by atoms with van der Waals surface area (Å²) in [6.07, 6.45) is -0.813. The Balaban J connectivity index is 2.03. The first kappa shape index (κ1) is 17.6. The van der Waals surface area contributed by atoms with Gasteiger partial charge in [-0.15, -0.1) is 0 Å². The van der Waals surface area contributed by atoms with E-state index >= 15 is 0 Å². The zero-order valence-electron chi connectivity index (χ0n) is 14.1. The molecule has 1 atom stereocenters. The minimum atomic E-state index is -0.813. The topological polar surface area (TPSA) is 89.1 Å². The fourth-order valence-corrected chi connectivity index (χ4v) is 2.14. The quantitative estimate of drug-likeness (QED) is 0.559. The van der Waals surface area contributed by atoms with Crippen LogP contribution in [-0.2, 0) is 0 Å². The number of benzene rings is 2. The van der Waals surface area contributed by atoms with Gasteiger partial charge in [0.1, 0.15) is 11.5 Å². The summed E-state index contributed by atoms with van der Waals surface area (Å²) in [5.74, 6) is 1.46. The fourth-order valence-electron chi connectivity index (χ4n) is 2.14. The van der Waals surface area contributed by atoms with Crippen molar-refractivity contribution in [1.29, 1.82) is 0 Å². The maximum atomic E-state index is 10.3. The third-order valence-electron chi connectivity index (χ3n) is 3.52. The van der Waals surface area contributed by atoms with Gasteiger partial charge >= 0.3 is 0 Å². The van der Waals surface area contributed by atoms with Crippen LogP contribution in [0.3, 0.4) is 0 Å². The number of aliphatic hydroxyl groups excluding tert-OH is 1. The van der Waals surface area contributed by atoms with Crippen molar-refractivity contribution in [3.63, 3.8) is 0 Å². The number of ether oxygens (including phenoxy) is 2. The van der Waals surface area contributed by atoms with E-state index in [-0.39, 0.29) is 12.5 Å². The number of hydrogen-bond acceptors (Lipinski definition) is 4. The molecule has 0 aliphatic rings. The van der Waals surface area contributed by atoms with Gasteiger partial charge in [0.15, 0.2) is 5.96 Å². The number of nitrogens with zero attached hydrogens (tertiary/aromatic N) is 1. The monoisotopic (exact) mass is 329 g/mol. The van der Waals surface area contributed by atoms with Crippen LogP contribution < -0.4 is 20.5 Å². The van der Waals surface area contributed by atoms with Gasteiger partial charge in [-0.25, -0.2) is 0 Å². The van der Waals surface area contributed by atoms with Gasteiger partial charge in [-0.2, -0.15) is 0 Å². The molecule has 2 aromatic rings. The molecule has 0 spiro atoms. The number of methoxy groups -OCH3 is 2. The van der Waals surface area contributed by atoms with E-state index in [0.29, 0.717) is 17.1 Å². The standard InChI is InChI=1S/C18H23N3O3/c1-12-4-6-14(7-5-12)21-18(19)20-11-17(22)13-8-15(23-2)10-16(9-13)24-3/h4-10,17,22H,11H2,1-3H3,(H3,19,20,21). The molecule has 0 aliphatic heterocycles.